The van der Waals surface area contributed by atoms with E-state index in [1.54, 1.807) is 13.2 Å². The van der Waals surface area contributed by atoms with E-state index in [4.69, 9.17) is 14.7 Å². The van der Waals surface area contributed by atoms with E-state index in [2.05, 4.69) is 11.4 Å². The molecule has 2 rings (SSSR count). The first-order valence-corrected chi connectivity index (χ1v) is 6.71. The molecule has 0 heterocycles. The number of rotatable bonds is 6. The number of hydrogen-bond donors (Lipinski definition) is 1. The second kappa shape index (κ2) is 7.32. The SMILES string of the molecule is CNCc1cccc(OC)c1OCc1ccccc1C#N. The first-order chi connectivity index (χ1) is 10.3. The summed E-state index contributed by atoms with van der Waals surface area (Å²) in [6.45, 7) is 1.02. The minimum atomic E-state index is 0.334. The van der Waals surface area contributed by atoms with Crippen molar-refractivity contribution in [3.8, 4) is 17.6 Å². The van der Waals surface area contributed by atoms with Gasteiger partial charge in [-0.2, -0.15) is 5.26 Å². The standard InChI is InChI=1S/C17H18N2O2/c1-19-11-14-8-5-9-16(20-2)17(14)21-12-15-7-4-3-6-13(15)10-18/h3-9,19H,11-12H2,1-2H3. The summed E-state index contributed by atoms with van der Waals surface area (Å²) in [6.07, 6.45) is 0. The Kier molecular flexibility index (Phi) is 5.19. The van der Waals surface area contributed by atoms with Gasteiger partial charge in [-0.05, 0) is 19.2 Å². The molecule has 0 saturated heterocycles. The first kappa shape index (κ1) is 14.9. The average molecular weight is 282 g/mol. The van der Waals surface area contributed by atoms with Gasteiger partial charge in [0.05, 0.1) is 18.7 Å². The Morgan fingerprint density at radius 1 is 1.10 bits per heavy atom. The summed E-state index contributed by atoms with van der Waals surface area (Å²) < 4.78 is 11.3. The van der Waals surface area contributed by atoms with Gasteiger partial charge < -0.3 is 14.8 Å². The number of ether oxygens (including phenoxy) is 2. The molecule has 1 N–H and O–H groups in total. The lowest BCUT2D eigenvalue weighted by Gasteiger charge is -2.15. The fraction of sp³-hybridized carbons (Fsp3) is 0.235. The van der Waals surface area contributed by atoms with Crippen LogP contribution in [0, 0.1) is 11.3 Å². The molecule has 0 bridgehead atoms. The third-order valence-corrected chi connectivity index (χ3v) is 3.16. The van der Waals surface area contributed by atoms with Crippen LogP contribution in [0.5, 0.6) is 11.5 Å². The van der Waals surface area contributed by atoms with Gasteiger partial charge in [-0.3, -0.25) is 0 Å². The van der Waals surface area contributed by atoms with Crippen LogP contribution < -0.4 is 14.8 Å². The molecular formula is C17H18N2O2. The molecule has 0 unspecified atom stereocenters. The van der Waals surface area contributed by atoms with Gasteiger partial charge in [0.25, 0.3) is 0 Å². The van der Waals surface area contributed by atoms with Gasteiger partial charge in [0.15, 0.2) is 11.5 Å². The smallest absolute Gasteiger partial charge is 0.166 e. The highest BCUT2D eigenvalue weighted by Gasteiger charge is 2.11. The zero-order valence-electron chi connectivity index (χ0n) is 12.2. The van der Waals surface area contributed by atoms with E-state index in [1.807, 2.05) is 43.4 Å². The van der Waals surface area contributed by atoms with Crippen LogP contribution in [0.3, 0.4) is 0 Å². The van der Waals surface area contributed by atoms with Gasteiger partial charge in [0.2, 0.25) is 0 Å². The van der Waals surface area contributed by atoms with Crippen molar-refractivity contribution in [1.29, 1.82) is 5.26 Å². The minimum Gasteiger partial charge on any atom is -0.493 e. The lowest BCUT2D eigenvalue weighted by atomic mass is 10.1. The van der Waals surface area contributed by atoms with Gasteiger partial charge in [0.1, 0.15) is 6.61 Å². The molecule has 2 aromatic rings. The predicted octanol–water partition coefficient (Wildman–Crippen LogP) is 2.87. The quantitative estimate of drug-likeness (QED) is 0.885. The molecular weight excluding hydrogens is 264 g/mol. The molecule has 4 nitrogen and oxygen atoms in total. The maximum Gasteiger partial charge on any atom is 0.166 e. The molecule has 0 atom stereocenters. The van der Waals surface area contributed by atoms with Gasteiger partial charge >= 0.3 is 0 Å². The monoisotopic (exact) mass is 282 g/mol. The molecule has 0 aromatic heterocycles. The summed E-state index contributed by atoms with van der Waals surface area (Å²) in [4.78, 5) is 0. The summed E-state index contributed by atoms with van der Waals surface area (Å²) in [7, 11) is 3.50. The van der Waals surface area contributed by atoms with E-state index in [-0.39, 0.29) is 0 Å². The normalized spacial score (nSPS) is 9.95. The van der Waals surface area contributed by atoms with Gasteiger partial charge in [-0.25, -0.2) is 0 Å². The Morgan fingerprint density at radius 2 is 1.86 bits per heavy atom. The van der Waals surface area contributed by atoms with E-state index in [1.165, 1.54) is 0 Å². The highest BCUT2D eigenvalue weighted by Crippen LogP contribution is 2.31. The minimum absolute atomic E-state index is 0.334. The van der Waals surface area contributed by atoms with E-state index in [0.717, 1.165) is 11.1 Å². The van der Waals surface area contributed by atoms with Crippen molar-refractivity contribution in [3.05, 3.63) is 59.2 Å². The molecule has 0 saturated carbocycles. The van der Waals surface area contributed by atoms with Crippen molar-refractivity contribution in [1.82, 2.24) is 5.32 Å². The van der Waals surface area contributed by atoms with Crippen LogP contribution >= 0.6 is 0 Å². The van der Waals surface area contributed by atoms with Crippen LogP contribution in [-0.4, -0.2) is 14.2 Å². The highest BCUT2D eigenvalue weighted by molar-refractivity contribution is 5.47. The zero-order valence-corrected chi connectivity index (χ0v) is 12.2. The summed E-state index contributed by atoms with van der Waals surface area (Å²) >= 11 is 0. The van der Waals surface area contributed by atoms with Gasteiger partial charge in [0, 0.05) is 17.7 Å². The lowest BCUT2D eigenvalue weighted by molar-refractivity contribution is 0.280. The number of hydrogen-bond acceptors (Lipinski definition) is 4. The molecule has 0 radical (unpaired) electrons. The Balaban J connectivity index is 2.25. The maximum absolute atomic E-state index is 9.11. The van der Waals surface area contributed by atoms with Crippen molar-refractivity contribution in [3.63, 3.8) is 0 Å². The Labute approximate surface area is 124 Å². The lowest BCUT2D eigenvalue weighted by Crippen LogP contribution is -2.09. The summed E-state index contributed by atoms with van der Waals surface area (Å²) in [5.74, 6) is 1.40. The second-order valence-electron chi connectivity index (χ2n) is 4.54. The van der Waals surface area contributed by atoms with Crippen molar-refractivity contribution < 1.29 is 9.47 Å². The fourth-order valence-corrected chi connectivity index (χ4v) is 2.12. The predicted molar refractivity (Wildman–Crippen MR) is 81.2 cm³/mol. The maximum atomic E-state index is 9.11. The van der Waals surface area contributed by atoms with Crippen molar-refractivity contribution in [2.75, 3.05) is 14.2 Å². The average Bonchev–Trinajstić information content (AvgIpc) is 2.54. The van der Waals surface area contributed by atoms with Crippen LogP contribution in [0.25, 0.3) is 0 Å². The highest BCUT2D eigenvalue weighted by atomic mass is 16.5. The summed E-state index contributed by atoms with van der Waals surface area (Å²) in [5.41, 5.74) is 2.51. The van der Waals surface area contributed by atoms with Crippen LogP contribution in [0.2, 0.25) is 0 Å². The van der Waals surface area contributed by atoms with E-state index < -0.39 is 0 Å². The van der Waals surface area contributed by atoms with Gasteiger partial charge in [-0.1, -0.05) is 30.3 Å². The van der Waals surface area contributed by atoms with Crippen LogP contribution in [-0.2, 0) is 13.2 Å². The molecule has 4 heteroatoms. The van der Waals surface area contributed by atoms with E-state index >= 15 is 0 Å². The van der Waals surface area contributed by atoms with E-state index in [9.17, 15) is 0 Å². The third-order valence-electron chi connectivity index (χ3n) is 3.16. The number of nitrogens with zero attached hydrogens (tertiary/aromatic N) is 1. The molecule has 0 fully saturated rings. The summed E-state index contributed by atoms with van der Waals surface area (Å²) in [5, 5.41) is 12.2. The molecule has 21 heavy (non-hydrogen) atoms. The number of nitrogens with one attached hydrogen (secondary N) is 1. The molecule has 0 aliphatic carbocycles. The largest absolute Gasteiger partial charge is 0.493 e. The van der Waals surface area contributed by atoms with Crippen molar-refractivity contribution >= 4 is 0 Å². The molecule has 0 spiro atoms. The van der Waals surface area contributed by atoms with E-state index in [0.29, 0.717) is 30.2 Å². The molecule has 2 aromatic carbocycles. The van der Waals surface area contributed by atoms with Gasteiger partial charge in [-0.15, -0.1) is 0 Å². The topological polar surface area (TPSA) is 54.3 Å². The first-order valence-electron chi connectivity index (χ1n) is 6.71. The Morgan fingerprint density at radius 3 is 2.57 bits per heavy atom. The number of benzene rings is 2. The second-order valence-corrected chi connectivity index (χ2v) is 4.54. The molecule has 108 valence electrons. The van der Waals surface area contributed by atoms with Crippen LogP contribution in [0.4, 0.5) is 0 Å². The van der Waals surface area contributed by atoms with Crippen LogP contribution in [0.1, 0.15) is 16.7 Å². The number of methoxy groups -OCH3 is 1. The molecule has 0 aliphatic heterocycles. The zero-order chi connectivity index (χ0) is 15.1. The molecule has 0 amide bonds. The summed E-state index contributed by atoms with van der Waals surface area (Å²) in [6, 6.07) is 15.4. The molecule has 0 aliphatic rings. The van der Waals surface area contributed by atoms with Crippen molar-refractivity contribution in [2.45, 2.75) is 13.2 Å². The number of para-hydroxylation sites is 1. The third kappa shape index (κ3) is 3.53. The Bertz CT molecular complexity index is 647. The Hall–Kier alpha value is -2.51. The number of nitriles is 1. The fourth-order valence-electron chi connectivity index (χ4n) is 2.12. The van der Waals surface area contributed by atoms with Crippen molar-refractivity contribution in [2.24, 2.45) is 0 Å². The van der Waals surface area contributed by atoms with Crippen LogP contribution in [0.15, 0.2) is 42.5 Å².